The van der Waals surface area contributed by atoms with Gasteiger partial charge in [0, 0.05) is 25.2 Å². The summed E-state index contributed by atoms with van der Waals surface area (Å²) < 4.78 is 27.8. The first-order valence-electron chi connectivity index (χ1n) is 8.43. The van der Waals surface area contributed by atoms with Gasteiger partial charge in [-0.05, 0) is 56.2 Å². The fraction of sp³-hybridized carbons (Fsp3) is 0.333. The number of carbonyl (C=O) groups is 1. The zero-order chi connectivity index (χ0) is 18.9. The molecule has 8 heteroatoms. The number of aromatic nitrogens is 1. The van der Waals surface area contributed by atoms with Crippen LogP contribution in [-0.4, -0.2) is 31.9 Å². The van der Waals surface area contributed by atoms with Gasteiger partial charge in [-0.25, -0.2) is 13.4 Å². The maximum absolute atomic E-state index is 12.6. The van der Waals surface area contributed by atoms with Gasteiger partial charge in [-0.15, -0.1) is 0 Å². The predicted molar refractivity (Wildman–Crippen MR) is 102 cm³/mol. The number of anilines is 3. The van der Waals surface area contributed by atoms with Crippen molar-refractivity contribution >= 4 is 33.1 Å². The number of nitrogens with zero attached hydrogens (tertiary/aromatic N) is 2. The Kier molecular flexibility index (Phi) is 4.86. The van der Waals surface area contributed by atoms with Gasteiger partial charge < -0.3 is 10.2 Å². The average molecular weight is 374 g/mol. The van der Waals surface area contributed by atoms with Crippen LogP contribution in [0.15, 0.2) is 41.4 Å². The topological polar surface area (TPSA) is 91.4 Å². The molecular formula is C18H22N4O3S. The molecule has 138 valence electrons. The van der Waals surface area contributed by atoms with Crippen molar-refractivity contribution in [1.82, 2.24) is 4.98 Å². The van der Waals surface area contributed by atoms with Crippen molar-refractivity contribution < 1.29 is 13.2 Å². The fourth-order valence-corrected chi connectivity index (χ4v) is 4.02. The minimum Gasteiger partial charge on any atom is -0.368 e. The molecule has 0 radical (unpaired) electrons. The number of hydrogen-bond acceptors (Lipinski definition) is 5. The molecule has 0 spiro atoms. The zero-order valence-electron chi connectivity index (χ0n) is 15.0. The molecule has 2 N–H and O–H groups in total. The van der Waals surface area contributed by atoms with Crippen LogP contribution in [0.5, 0.6) is 0 Å². The van der Waals surface area contributed by atoms with E-state index in [-0.39, 0.29) is 16.8 Å². The van der Waals surface area contributed by atoms with Crippen LogP contribution in [-0.2, 0) is 21.2 Å². The highest BCUT2D eigenvalue weighted by Gasteiger charge is 2.24. The molecule has 0 aliphatic carbocycles. The van der Waals surface area contributed by atoms with Crippen molar-refractivity contribution in [3.63, 3.8) is 0 Å². The Morgan fingerprint density at radius 2 is 2.00 bits per heavy atom. The summed E-state index contributed by atoms with van der Waals surface area (Å²) in [6.45, 7) is 6.08. The largest absolute Gasteiger partial charge is 0.368 e. The van der Waals surface area contributed by atoms with Crippen LogP contribution in [0.1, 0.15) is 26.3 Å². The van der Waals surface area contributed by atoms with E-state index in [0.29, 0.717) is 24.5 Å². The molecule has 26 heavy (non-hydrogen) atoms. The van der Waals surface area contributed by atoms with E-state index >= 15 is 0 Å². The molecule has 7 nitrogen and oxygen atoms in total. The second-order valence-corrected chi connectivity index (χ2v) is 8.23. The van der Waals surface area contributed by atoms with E-state index in [9.17, 15) is 13.2 Å². The smallest absolute Gasteiger partial charge is 0.261 e. The number of rotatable bonds is 5. The van der Waals surface area contributed by atoms with Crippen LogP contribution < -0.4 is 14.9 Å². The van der Waals surface area contributed by atoms with E-state index < -0.39 is 10.0 Å². The highest BCUT2D eigenvalue weighted by atomic mass is 32.2. The Bertz CT molecular complexity index is 924. The third kappa shape index (κ3) is 3.80. The lowest BCUT2D eigenvalue weighted by Gasteiger charge is -2.15. The molecule has 0 atom stereocenters. The lowest BCUT2D eigenvalue weighted by Crippen LogP contribution is -2.25. The van der Waals surface area contributed by atoms with Crippen LogP contribution in [0.4, 0.5) is 17.2 Å². The Morgan fingerprint density at radius 3 is 2.62 bits per heavy atom. The first-order chi connectivity index (χ1) is 12.3. The summed E-state index contributed by atoms with van der Waals surface area (Å²) >= 11 is 0. The van der Waals surface area contributed by atoms with Gasteiger partial charge >= 0.3 is 0 Å². The molecule has 2 aromatic rings. The minimum atomic E-state index is -3.72. The van der Waals surface area contributed by atoms with Crippen LogP contribution in [0.25, 0.3) is 0 Å². The van der Waals surface area contributed by atoms with Gasteiger partial charge in [-0.3, -0.25) is 9.52 Å². The van der Waals surface area contributed by atoms with Crippen molar-refractivity contribution in [2.24, 2.45) is 0 Å². The highest BCUT2D eigenvalue weighted by Crippen LogP contribution is 2.30. The van der Waals surface area contributed by atoms with Gasteiger partial charge in [0.25, 0.3) is 10.0 Å². The molecule has 1 aliphatic heterocycles. The van der Waals surface area contributed by atoms with Crippen molar-refractivity contribution in [2.75, 3.05) is 21.5 Å². The summed E-state index contributed by atoms with van der Waals surface area (Å²) in [5.74, 6) is 0.642. The molecule has 0 fully saturated rings. The number of fused-ring (bicyclic) bond motifs is 1. The summed E-state index contributed by atoms with van der Waals surface area (Å²) in [6.07, 6.45) is 2.13. The summed E-state index contributed by atoms with van der Waals surface area (Å²) in [6, 6.07) is 8.47. The molecule has 0 bridgehead atoms. The second kappa shape index (κ2) is 6.95. The maximum atomic E-state index is 12.6. The first kappa shape index (κ1) is 18.2. The normalized spacial score (nSPS) is 13.6. The first-order valence-corrected chi connectivity index (χ1v) is 9.91. The second-order valence-electron chi connectivity index (χ2n) is 6.55. The molecule has 1 aliphatic rings. The number of benzene rings is 1. The van der Waals surface area contributed by atoms with Gasteiger partial charge in [0.1, 0.15) is 5.82 Å². The monoisotopic (exact) mass is 374 g/mol. The maximum Gasteiger partial charge on any atom is 0.261 e. The molecule has 0 unspecified atom stereocenters. The van der Waals surface area contributed by atoms with Crippen molar-refractivity contribution in [3.8, 4) is 0 Å². The molecule has 3 rings (SSSR count). The number of amides is 1. The van der Waals surface area contributed by atoms with Gasteiger partial charge in [-0.2, -0.15) is 0 Å². The van der Waals surface area contributed by atoms with Crippen LogP contribution in [0.2, 0.25) is 0 Å². The molecule has 1 aromatic heterocycles. The number of nitrogens with one attached hydrogen (secondary N) is 2. The van der Waals surface area contributed by atoms with Gasteiger partial charge in [0.05, 0.1) is 16.8 Å². The van der Waals surface area contributed by atoms with E-state index in [1.54, 1.807) is 29.2 Å². The number of carbonyl (C=O) groups excluding carboxylic acids is 1. The van der Waals surface area contributed by atoms with Gasteiger partial charge in [0.15, 0.2) is 0 Å². The molecule has 0 saturated heterocycles. The molecule has 0 saturated carbocycles. The lowest BCUT2D eigenvalue weighted by molar-refractivity contribution is -0.116. The van der Waals surface area contributed by atoms with Crippen molar-refractivity contribution in [3.05, 3.63) is 42.1 Å². The third-order valence-corrected chi connectivity index (χ3v) is 5.47. The van der Waals surface area contributed by atoms with Gasteiger partial charge in [0.2, 0.25) is 5.91 Å². The molecule has 1 aromatic carbocycles. The van der Waals surface area contributed by atoms with Crippen molar-refractivity contribution in [1.29, 1.82) is 0 Å². The minimum absolute atomic E-state index is 0.0429. The predicted octanol–water partition coefficient (Wildman–Crippen LogP) is 2.61. The SMILES string of the molecule is CC(=O)N1CCc2cc(S(=O)(=O)Nc3ccc(NC(C)C)nc3)ccc21. The Morgan fingerprint density at radius 1 is 1.23 bits per heavy atom. The van der Waals surface area contributed by atoms with E-state index in [1.807, 2.05) is 13.8 Å². The lowest BCUT2D eigenvalue weighted by atomic mass is 10.2. The van der Waals surface area contributed by atoms with E-state index in [0.717, 1.165) is 11.3 Å². The standard InChI is InChI=1S/C18H22N4O3S/c1-12(2)20-18-7-4-15(11-19-18)21-26(24,25)16-5-6-17-14(10-16)8-9-22(17)13(3)23/h4-7,10-12,21H,8-9H2,1-3H3,(H,19,20). The average Bonchev–Trinajstić information content (AvgIpc) is 2.99. The summed E-state index contributed by atoms with van der Waals surface area (Å²) in [5, 5.41) is 3.15. The van der Waals surface area contributed by atoms with E-state index in [1.165, 1.54) is 19.2 Å². The number of pyridine rings is 1. The number of hydrogen-bond donors (Lipinski definition) is 2. The number of sulfonamides is 1. The van der Waals surface area contributed by atoms with Gasteiger partial charge in [-0.1, -0.05) is 0 Å². The van der Waals surface area contributed by atoms with E-state index in [4.69, 9.17) is 0 Å². The zero-order valence-corrected chi connectivity index (χ0v) is 15.8. The highest BCUT2D eigenvalue weighted by molar-refractivity contribution is 7.92. The van der Waals surface area contributed by atoms with Crippen LogP contribution in [0.3, 0.4) is 0 Å². The van der Waals surface area contributed by atoms with E-state index in [2.05, 4.69) is 15.0 Å². The molecule has 1 amide bonds. The Balaban J connectivity index is 1.80. The molecular weight excluding hydrogens is 352 g/mol. The fourth-order valence-electron chi connectivity index (χ4n) is 2.92. The summed E-state index contributed by atoms with van der Waals surface area (Å²) in [4.78, 5) is 17.6. The summed E-state index contributed by atoms with van der Waals surface area (Å²) in [7, 11) is -3.72. The Hall–Kier alpha value is -2.61. The van der Waals surface area contributed by atoms with Crippen LogP contribution >= 0.6 is 0 Å². The quantitative estimate of drug-likeness (QED) is 0.839. The molecule has 2 heterocycles. The van der Waals surface area contributed by atoms with Crippen LogP contribution in [0, 0.1) is 0 Å². The summed E-state index contributed by atoms with van der Waals surface area (Å²) in [5.41, 5.74) is 2.03. The third-order valence-electron chi connectivity index (χ3n) is 4.09. The van der Waals surface area contributed by atoms with Crippen molar-refractivity contribution in [2.45, 2.75) is 38.1 Å². The Labute approximate surface area is 153 Å².